The van der Waals surface area contributed by atoms with Gasteiger partial charge in [0.15, 0.2) is 0 Å². The number of carbonyl (C=O) groups excluding carboxylic acids is 2. The van der Waals surface area contributed by atoms with Gasteiger partial charge in [0, 0.05) is 49.1 Å². The first-order valence-electron chi connectivity index (χ1n) is 12.2. The third-order valence-electron chi connectivity index (χ3n) is 6.69. The van der Waals surface area contributed by atoms with Crippen LogP contribution in [-0.2, 0) is 11.3 Å². The van der Waals surface area contributed by atoms with Crippen LogP contribution < -0.4 is 4.74 Å². The van der Waals surface area contributed by atoms with Gasteiger partial charge >= 0.3 is 0 Å². The lowest BCUT2D eigenvalue weighted by molar-refractivity contribution is -0.134. The van der Waals surface area contributed by atoms with Crippen molar-refractivity contribution < 1.29 is 14.3 Å². The van der Waals surface area contributed by atoms with Gasteiger partial charge in [0.1, 0.15) is 5.75 Å². The third kappa shape index (κ3) is 7.19. The SMILES string of the molecule is CN(Cc1ccccc1)C(=O)C[C@]1(COc2ccc(Cl)cc2)CCCN(C(=O)c2ccc(Cl)c(Cl)c2)C1. The fourth-order valence-corrected chi connectivity index (χ4v) is 5.10. The lowest BCUT2D eigenvalue weighted by atomic mass is 9.77. The Balaban J connectivity index is 1.53. The molecule has 1 fully saturated rings. The molecule has 0 bridgehead atoms. The molecule has 0 N–H and O–H groups in total. The number of carbonyl (C=O) groups is 2. The molecular weight excluding hydrogens is 531 g/mol. The average molecular weight is 560 g/mol. The van der Waals surface area contributed by atoms with E-state index in [0.29, 0.717) is 52.6 Å². The quantitative estimate of drug-likeness (QED) is 0.299. The molecule has 194 valence electrons. The first-order valence-corrected chi connectivity index (χ1v) is 13.3. The predicted octanol–water partition coefficient (Wildman–Crippen LogP) is 7.00. The van der Waals surface area contributed by atoms with Gasteiger partial charge in [-0.25, -0.2) is 0 Å². The Morgan fingerprint density at radius 1 is 0.973 bits per heavy atom. The van der Waals surface area contributed by atoms with E-state index in [1.807, 2.05) is 37.4 Å². The summed E-state index contributed by atoms with van der Waals surface area (Å²) < 4.78 is 6.17. The largest absolute Gasteiger partial charge is 0.493 e. The van der Waals surface area contributed by atoms with Crippen LogP contribution in [0.5, 0.6) is 5.75 Å². The van der Waals surface area contributed by atoms with Crippen LogP contribution in [0.15, 0.2) is 72.8 Å². The van der Waals surface area contributed by atoms with Crippen molar-refractivity contribution in [2.45, 2.75) is 25.8 Å². The highest BCUT2D eigenvalue weighted by Crippen LogP contribution is 2.36. The molecule has 1 aliphatic rings. The smallest absolute Gasteiger partial charge is 0.253 e. The molecule has 1 atom stereocenters. The molecule has 3 aromatic rings. The highest BCUT2D eigenvalue weighted by atomic mass is 35.5. The van der Waals surface area contributed by atoms with E-state index in [1.165, 1.54) is 0 Å². The predicted molar refractivity (Wildman–Crippen MR) is 149 cm³/mol. The van der Waals surface area contributed by atoms with Gasteiger partial charge in [0.2, 0.25) is 5.91 Å². The highest BCUT2D eigenvalue weighted by Gasteiger charge is 2.40. The van der Waals surface area contributed by atoms with Crippen LogP contribution >= 0.6 is 34.8 Å². The van der Waals surface area contributed by atoms with Gasteiger partial charge in [0.25, 0.3) is 5.91 Å². The molecule has 0 spiro atoms. The summed E-state index contributed by atoms with van der Waals surface area (Å²) in [5.41, 5.74) is 0.979. The van der Waals surface area contributed by atoms with E-state index in [0.717, 1.165) is 18.4 Å². The lowest BCUT2D eigenvalue weighted by Crippen LogP contribution is -2.50. The molecule has 1 aliphatic heterocycles. The Bertz CT molecular complexity index is 1240. The second kappa shape index (κ2) is 12.2. The molecule has 2 amide bonds. The average Bonchev–Trinajstić information content (AvgIpc) is 2.90. The molecule has 8 heteroatoms. The molecule has 37 heavy (non-hydrogen) atoms. The molecule has 5 nitrogen and oxygen atoms in total. The summed E-state index contributed by atoms with van der Waals surface area (Å²) in [6.07, 6.45) is 1.78. The second-order valence-electron chi connectivity index (χ2n) is 9.61. The summed E-state index contributed by atoms with van der Waals surface area (Å²) in [4.78, 5) is 30.3. The van der Waals surface area contributed by atoms with E-state index < -0.39 is 5.41 Å². The van der Waals surface area contributed by atoms with E-state index in [-0.39, 0.29) is 18.2 Å². The number of hydrogen-bond donors (Lipinski definition) is 0. The van der Waals surface area contributed by atoms with E-state index in [1.54, 1.807) is 52.3 Å². The lowest BCUT2D eigenvalue weighted by Gasteiger charge is -2.43. The van der Waals surface area contributed by atoms with Gasteiger partial charge in [0.05, 0.1) is 16.7 Å². The summed E-state index contributed by atoms with van der Waals surface area (Å²) in [6.45, 7) is 1.80. The first kappa shape index (κ1) is 27.3. The summed E-state index contributed by atoms with van der Waals surface area (Å²) in [7, 11) is 1.81. The zero-order chi connectivity index (χ0) is 26.4. The number of ether oxygens (including phenoxy) is 1. The molecule has 0 saturated carbocycles. The monoisotopic (exact) mass is 558 g/mol. The molecular formula is C29H29Cl3N2O3. The van der Waals surface area contributed by atoms with Gasteiger partial charge < -0.3 is 14.5 Å². The zero-order valence-corrected chi connectivity index (χ0v) is 22.9. The van der Waals surface area contributed by atoms with Crippen LogP contribution in [-0.4, -0.2) is 48.4 Å². The molecule has 3 aromatic carbocycles. The number of halogens is 3. The molecule has 0 radical (unpaired) electrons. The maximum absolute atomic E-state index is 13.4. The van der Waals surface area contributed by atoms with Crippen molar-refractivity contribution >= 4 is 46.6 Å². The Labute approximate surface area is 232 Å². The van der Waals surface area contributed by atoms with Gasteiger partial charge in [-0.3, -0.25) is 9.59 Å². The van der Waals surface area contributed by atoms with Gasteiger partial charge in [-0.05, 0) is 60.9 Å². The topological polar surface area (TPSA) is 49.9 Å². The molecule has 0 aromatic heterocycles. The fraction of sp³-hybridized carbons (Fsp3) is 0.310. The maximum Gasteiger partial charge on any atom is 0.253 e. The molecule has 0 aliphatic carbocycles. The Hall–Kier alpha value is -2.73. The van der Waals surface area contributed by atoms with E-state index in [4.69, 9.17) is 39.5 Å². The van der Waals surface area contributed by atoms with Crippen molar-refractivity contribution in [3.63, 3.8) is 0 Å². The van der Waals surface area contributed by atoms with Crippen LogP contribution in [0, 0.1) is 5.41 Å². The minimum atomic E-state index is -0.550. The fourth-order valence-electron chi connectivity index (χ4n) is 4.67. The maximum atomic E-state index is 13.4. The zero-order valence-electron chi connectivity index (χ0n) is 20.6. The number of likely N-dealkylation sites (tertiary alicyclic amines) is 1. The van der Waals surface area contributed by atoms with Crippen molar-refractivity contribution in [1.29, 1.82) is 0 Å². The molecule has 4 rings (SSSR count). The van der Waals surface area contributed by atoms with Crippen molar-refractivity contribution in [1.82, 2.24) is 9.80 Å². The van der Waals surface area contributed by atoms with Crippen LogP contribution in [0.3, 0.4) is 0 Å². The Morgan fingerprint density at radius 3 is 2.41 bits per heavy atom. The van der Waals surface area contributed by atoms with Crippen molar-refractivity contribution in [2.75, 3.05) is 26.7 Å². The first-order chi connectivity index (χ1) is 17.7. The summed E-state index contributed by atoms with van der Waals surface area (Å²) >= 11 is 18.2. The van der Waals surface area contributed by atoms with Crippen LogP contribution in [0.1, 0.15) is 35.2 Å². The number of hydrogen-bond acceptors (Lipinski definition) is 3. The molecule has 0 unspecified atom stereocenters. The van der Waals surface area contributed by atoms with Crippen molar-refractivity contribution in [3.8, 4) is 5.75 Å². The van der Waals surface area contributed by atoms with E-state index in [2.05, 4.69) is 0 Å². The highest BCUT2D eigenvalue weighted by molar-refractivity contribution is 6.42. The van der Waals surface area contributed by atoms with Crippen molar-refractivity contribution in [2.24, 2.45) is 5.41 Å². The number of piperidine rings is 1. The minimum absolute atomic E-state index is 0.00685. The minimum Gasteiger partial charge on any atom is -0.493 e. The second-order valence-corrected chi connectivity index (χ2v) is 10.9. The van der Waals surface area contributed by atoms with E-state index >= 15 is 0 Å². The molecule has 1 heterocycles. The number of benzene rings is 3. The van der Waals surface area contributed by atoms with E-state index in [9.17, 15) is 9.59 Å². The van der Waals surface area contributed by atoms with Crippen LogP contribution in [0.2, 0.25) is 15.1 Å². The summed E-state index contributed by atoms with van der Waals surface area (Å²) in [5, 5.41) is 1.35. The van der Waals surface area contributed by atoms with Crippen LogP contribution in [0.25, 0.3) is 0 Å². The Morgan fingerprint density at radius 2 is 1.70 bits per heavy atom. The normalized spacial score (nSPS) is 17.4. The van der Waals surface area contributed by atoms with Gasteiger partial charge in [-0.15, -0.1) is 0 Å². The van der Waals surface area contributed by atoms with Gasteiger partial charge in [-0.2, -0.15) is 0 Å². The Kier molecular flexibility index (Phi) is 9.01. The van der Waals surface area contributed by atoms with Gasteiger partial charge in [-0.1, -0.05) is 65.1 Å². The number of rotatable bonds is 8. The third-order valence-corrected chi connectivity index (χ3v) is 7.68. The number of amides is 2. The standard InChI is InChI=1S/C29H29Cl3N2O3/c1-33(18-21-6-3-2-4-7-21)27(35)17-29(20-37-24-11-9-23(30)10-12-24)14-5-15-34(19-29)28(36)22-8-13-25(31)26(32)16-22/h2-4,6-13,16H,5,14-15,17-20H2,1H3/t29-/m1/s1. The van der Waals surface area contributed by atoms with Crippen LogP contribution in [0.4, 0.5) is 0 Å². The van der Waals surface area contributed by atoms with Crippen molar-refractivity contribution in [3.05, 3.63) is 99.0 Å². The summed E-state index contributed by atoms with van der Waals surface area (Å²) in [5.74, 6) is 0.536. The molecule has 1 saturated heterocycles. The number of nitrogens with zero attached hydrogens (tertiary/aromatic N) is 2. The summed E-state index contributed by atoms with van der Waals surface area (Å²) in [6, 6.07) is 21.9.